The van der Waals surface area contributed by atoms with Crippen LogP contribution in [0.2, 0.25) is 0 Å². The summed E-state index contributed by atoms with van der Waals surface area (Å²) in [4.78, 5) is 10.2. The number of carbonyl (C=O) groups is 1. The van der Waals surface area contributed by atoms with Gasteiger partial charge in [0.1, 0.15) is 6.29 Å². The van der Waals surface area contributed by atoms with Crippen molar-refractivity contribution in [2.75, 3.05) is 0 Å². The Labute approximate surface area is 73.9 Å². The van der Waals surface area contributed by atoms with Gasteiger partial charge < -0.3 is 4.79 Å². The summed E-state index contributed by atoms with van der Waals surface area (Å²) in [6.45, 7) is 1.95. The Kier molecular flexibility index (Phi) is 7.27. The largest absolute Gasteiger partial charge is 0.303 e. The van der Waals surface area contributed by atoms with Crippen LogP contribution in [-0.4, -0.2) is 6.29 Å². The molecular formula is C10H15NO. The van der Waals surface area contributed by atoms with Crippen molar-refractivity contribution < 1.29 is 4.79 Å². The third-order valence-corrected chi connectivity index (χ3v) is 1.73. The number of unbranched alkanes of at least 4 members (excludes halogenated alkanes) is 1. The first kappa shape index (κ1) is 10.9. The van der Waals surface area contributed by atoms with Gasteiger partial charge in [-0.3, -0.25) is 0 Å². The Balaban J connectivity index is 3.64. The molecule has 0 aliphatic heterocycles. The van der Waals surface area contributed by atoms with Gasteiger partial charge in [0, 0.05) is 12.8 Å². The van der Waals surface area contributed by atoms with Gasteiger partial charge in [-0.25, -0.2) is 0 Å². The molecule has 0 spiro atoms. The Hall–Kier alpha value is -1.10. The zero-order valence-electron chi connectivity index (χ0n) is 7.49. The average molecular weight is 165 g/mol. The molecule has 1 unspecified atom stereocenters. The van der Waals surface area contributed by atoms with E-state index in [-0.39, 0.29) is 0 Å². The van der Waals surface area contributed by atoms with Crippen molar-refractivity contribution in [1.82, 2.24) is 0 Å². The lowest BCUT2D eigenvalue weighted by Gasteiger charge is -2.06. The first-order valence-electron chi connectivity index (χ1n) is 4.28. The molecule has 0 bridgehead atoms. The molecule has 0 aromatic heterocycles. The molecule has 0 amide bonds. The number of nitrogens with zero attached hydrogens (tertiary/aromatic N) is 1. The first-order valence-corrected chi connectivity index (χ1v) is 4.28. The number of rotatable bonds is 6. The highest BCUT2D eigenvalue weighted by molar-refractivity contribution is 5.50. The zero-order chi connectivity index (χ0) is 9.23. The van der Waals surface area contributed by atoms with Gasteiger partial charge >= 0.3 is 0 Å². The molecule has 0 N–H and O–H groups in total. The van der Waals surface area contributed by atoms with E-state index in [0.29, 0.717) is 18.8 Å². The van der Waals surface area contributed by atoms with E-state index < -0.39 is 0 Å². The summed E-state index contributed by atoms with van der Waals surface area (Å²) < 4.78 is 0. The van der Waals surface area contributed by atoms with Crippen molar-refractivity contribution in [2.45, 2.75) is 32.6 Å². The smallest absolute Gasteiger partial charge is 0.120 e. The van der Waals surface area contributed by atoms with Crippen LogP contribution in [-0.2, 0) is 4.79 Å². The van der Waals surface area contributed by atoms with Gasteiger partial charge in [-0.15, -0.1) is 0 Å². The van der Waals surface area contributed by atoms with Crippen LogP contribution in [0.15, 0.2) is 12.2 Å². The number of allylic oxidation sites excluding steroid dienone is 2. The topological polar surface area (TPSA) is 40.9 Å². The van der Waals surface area contributed by atoms with Crippen molar-refractivity contribution in [2.24, 2.45) is 5.92 Å². The normalized spacial score (nSPS) is 12.7. The van der Waals surface area contributed by atoms with Crippen LogP contribution in [0.25, 0.3) is 0 Å². The molecule has 0 radical (unpaired) electrons. The molecule has 0 aromatic rings. The molecule has 0 fully saturated rings. The van der Waals surface area contributed by atoms with Crippen molar-refractivity contribution >= 4 is 6.29 Å². The van der Waals surface area contributed by atoms with Crippen molar-refractivity contribution in [3.05, 3.63) is 12.2 Å². The molecule has 2 heteroatoms. The third-order valence-electron chi connectivity index (χ3n) is 1.73. The van der Waals surface area contributed by atoms with Crippen molar-refractivity contribution in [1.29, 1.82) is 5.26 Å². The predicted molar refractivity (Wildman–Crippen MR) is 48.4 cm³/mol. The molecule has 2 nitrogen and oxygen atoms in total. The highest BCUT2D eigenvalue weighted by Crippen LogP contribution is 2.12. The highest BCUT2D eigenvalue weighted by atomic mass is 16.1. The fourth-order valence-corrected chi connectivity index (χ4v) is 1.13. The average Bonchev–Trinajstić information content (AvgIpc) is 2.06. The first-order chi connectivity index (χ1) is 5.85. The van der Waals surface area contributed by atoms with Crippen LogP contribution < -0.4 is 0 Å². The summed E-state index contributed by atoms with van der Waals surface area (Å²) in [5, 5.41) is 8.30. The summed E-state index contributed by atoms with van der Waals surface area (Å²) in [6.07, 6.45) is 7.93. The van der Waals surface area contributed by atoms with Gasteiger partial charge in [-0.1, -0.05) is 12.2 Å². The maximum Gasteiger partial charge on any atom is 0.120 e. The van der Waals surface area contributed by atoms with E-state index in [4.69, 9.17) is 5.26 Å². The lowest BCUT2D eigenvalue weighted by molar-refractivity contribution is -0.108. The minimum absolute atomic E-state index is 0.334. The van der Waals surface area contributed by atoms with Gasteiger partial charge in [0.15, 0.2) is 0 Å². The molecule has 0 rings (SSSR count). The number of hydrogen-bond acceptors (Lipinski definition) is 2. The van der Waals surface area contributed by atoms with E-state index in [0.717, 1.165) is 19.1 Å². The summed E-state index contributed by atoms with van der Waals surface area (Å²) in [5.41, 5.74) is 0. The summed E-state index contributed by atoms with van der Waals surface area (Å²) in [6, 6.07) is 2.09. The van der Waals surface area contributed by atoms with E-state index in [2.05, 4.69) is 6.07 Å². The molecule has 66 valence electrons. The fraction of sp³-hybridized carbons (Fsp3) is 0.600. The second-order valence-corrected chi connectivity index (χ2v) is 2.74. The van der Waals surface area contributed by atoms with Crippen LogP contribution in [0.1, 0.15) is 32.6 Å². The van der Waals surface area contributed by atoms with Gasteiger partial charge in [0.05, 0.1) is 6.07 Å². The molecule has 0 heterocycles. The highest BCUT2D eigenvalue weighted by Gasteiger charge is 2.02. The van der Waals surface area contributed by atoms with Crippen LogP contribution in [0.5, 0.6) is 0 Å². The standard InChI is InChI=1S/C10H15NO/c1-2-5-10(7-9-12)6-3-4-8-11/h2,5,9-10H,3-4,6-7H2,1H3/b5-2+. The van der Waals surface area contributed by atoms with Gasteiger partial charge in [0.2, 0.25) is 0 Å². The maximum absolute atomic E-state index is 10.2. The van der Waals surface area contributed by atoms with Crippen LogP contribution in [0.4, 0.5) is 0 Å². The zero-order valence-corrected chi connectivity index (χ0v) is 7.49. The monoisotopic (exact) mass is 165 g/mol. The van der Waals surface area contributed by atoms with Crippen molar-refractivity contribution in [3.8, 4) is 6.07 Å². The van der Waals surface area contributed by atoms with Crippen LogP contribution in [0, 0.1) is 17.2 Å². The fourth-order valence-electron chi connectivity index (χ4n) is 1.13. The van der Waals surface area contributed by atoms with E-state index in [1.807, 2.05) is 19.1 Å². The molecule has 0 aliphatic carbocycles. The Morgan fingerprint density at radius 1 is 1.58 bits per heavy atom. The minimum atomic E-state index is 0.334. The van der Waals surface area contributed by atoms with Crippen LogP contribution >= 0.6 is 0 Å². The quantitative estimate of drug-likeness (QED) is 0.344. The molecular weight excluding hydrogens is 150 g/mol. The minimum Gasteiger partial charge on any atom is -0.303 e. The van der Waals surface area contributed by atoms with E-state index in [1.54, 1.807) is 0 Å². The lowest BCUT2D eigenvalue weighted by Crippen LogP contribution is -1.96. The molecule has 0 aliphatic rings. The van der Waals surface area contributed by atoms with E-state index in [9.17, 15) is 4.79 Å². The van der Waals surface area contributed by atoms with E-state index >= 15 is 0 Å². The van der Waals surface area contributed by atoms with Crippen molar-refractivity contribution in [3.63, 3.8) is 0 Å². The molecule has 0 aromatic carbocycles. The van der Waals surface area contributed by atoms with Crippen LogP contribution in [0.3, 0.4) is 0 Å². The molecule has 1 atom stereocenters. The summed E-state index contributed by atoms with van der Waals surface area (Å²) >= 11 is 0. The second-order valence-electron chi connectivity index (χ2n) is 2.74. The van der Waals surface area contributed by atoms with Gasteiger partial charge in [-0.05, 0) is 25.7 Å². The Bertz CT molecular complexity index is 179. The number of nitriles is 1. The molecule has 12 heavy (non-hydrogen) atoms. The van der Waals surface area contributed by atoms with E-state index in [1.165, 1.54) is 0 Å². The number of hydrogen-bond donors (Lipinski definition) is 0. The Morgan fingerprint density at radius 3 is 2.83 bits per heavy atom. The number of aldehydes is 1. The Morgan fingerprint density at radius 2 is 2.33 bits per heavy atom. The van der Waals surface area contributed by atoms with Gasteiger partial charge in [-0.2, -0.15) is 5.26 Å². The maximum atomic E-state index is 10.2. The number of carbonyl (C=O) groups excluding carboxylic acids is 1. The summed E-state index contributed by atoms with van der Waals surface area (Å²) in [5.74, 6) is 0.334. The predicted octanol–water partition coefficient (Wildman–Crippen LogP) is 2.46. The third kappa shape index (κ3) is 5.67. The lowest BCUT2D eigenvalue weighted by atomic mass is 9.99. The SMILES string of the molecule is C/C=C/C(CC=O)CCCC#N. The molecule has 0 saturated heterocycles. The second kappa shape index (κ2) is 8.00. The molecule has 0 saturated carbocycles. The van der Waals surface area contributed by atoms with Gasteiger partial charge in [0.25, 0.3) is 0 Å². The summed E-state index contributed by atoms with van der Waals surface area (Å²) in [7, 11) is 0.